The van der Waals surface area contributed by atoms with Gasteiger partial charge in [0.25, 0.3) is 0 Å². The van der Waals surface area contributed by atoms with Crippen molar-refractivity contribution in [1.82, 2.24) is 5.32 Å². The van der Waals surface area contributed by atoms with Crippen molar-refractivity contribution in [3.8, 4) is 0 Å². The van der Waals surface area contributed by atoms with Gasteiger partial charge in [0.05, 0.1) is 4.34 Å². The van der Waals surface area contributed by atoms with E-state index in [1.165, 1.54) is 11.3 Å². The molecular formula is C16H18ClF2NS. The van der Waals surface area contributed by atoms with Crippen molar-refractivity contribution < 1.29 is 8.78 Å². The molecule has 0 saturated heterocycles. The number of aryl methyl sites for hydroxylation is 1. The Kier molecular flexibility index (Phi) is 5.73. The molecule has 5 heteroatoms. The van der Waals surface area contributed by atoms with Crippen LogP contribution in [-0.2, 0) is 6.42 Å². The van der Waals surface area contributed by atoms with Crippen LogP contribution in [0.5, 0.6) is 0 Å². The molecule has 1 atom stereocenters. The summed E-state index contributed by atoms with van der Waals surface area (Å²) in [7, 11) is 0. The van der Waals surface area contributed by atoms with Gasteiger partial charge in [-0.15, -0.1) is 11.3 Å². The summed E-state index contributed by atoms with van der Waals surface area (Å²) in [5.41, 5.74) is 0.964. The van der Waals surface area contributed by atoms with Crippen molar-refractivity contribution >= 4 is 22.9 Å². The second-order valence-corrected chi connectivity index (χ2v) is 6.84. The first-order valence-corrected chi connectivity index (χ1v) is 8.13. The van der Waals surface area contributed by atoms with Gasteiger partial charge in [-0.25, -0.2) is 8.78 Å². The molecule has 1 heterocycles. The van der Waals surface area contributed by atoms with Gasteiger partial charge in [0.1, 0.15) is 11.6 Å². The molecule has 0 fully saturated rings. The molecule has 2 rings (SSSR count). The summed E-state index contributed by atoms with van der Waals surface area (Å²) in [6.07, 6.45) is 1.59. The van der Waals surface area contributed by atoms with Crippen LogP contribution in [0.1, 0.15) is 35.4 Å². The van der Waals surface area contributed by atoms with Gasteiger partial charge < -0.3 is 5.32 Å². The lowest BCUT2D eigenvalue weighted by Crippen LogP contribution is -2.25. The van der Waals surface area contributed by atoms with Crippen LogP contribution < -0.4 is 5.32 Å². The summed E-state index contributed by atoms with van der Waals surface area (Å²) in [5, 5.41) is 3.33. The number of benzene rings is 1. The van der Waals surface area contributed by atoms with E-state index >= 15 is 0 Å². The largest absolute Gasteiger partial charge is 0.310 e. The Hall–Kier alpha value is -0.970. The highest BCUT2D eigenvalue weighted by Gasteiger charge is 2.18. The Morgan fingerprint density at radius 2 is 2.00 bits per heavy atom. The average Bonchev–Trinajstić information content (AvgIpc) is 2.84. The maximum atomic E-state index is 14.1. The maximum absolute atomic E-state index is 14.1. The van der Waals surface area contributed by atoms with Crippen molar-refractivity contribution in [1.29, 1.82) is 0 Å². The van der Waals surface area contributed by atoms with Gasteiger partial charge in [0.15, 0.2) is 0 Å². The van der Waals surface area contributed by atoms with Gasteiger partial charge in [-0.2, -0.15) is 0 Å². The first-order chi connectivity index (χ1) is 10.0. The van der Waals surface area contributed by atoms with Crippen molar-refractivity contribution in [2.24, 2.45) is 0 Å². The zero-order chi connectivity index (χ0) is 15.4. The molecule has 0 aliphatic heterocycles. The number of halogens is 3. The Balaban J connectivity index is 2.28. The molecule has 0 aliphatic rings. The quantitative estimate of drug-likeness (QED) is 0.761. The minimum absolute atomic E-state index is 0.182. The third-order valence-electron chi connectivity index (χ3n) is 3.33. The first-order valence-electron chi connectivity index (χ1n) is 6.94. The van der Waals surface area contributed by atoms with Crippen molar-refractivity contribution in [3.05, 3.63) is 56.2 Å². The fraction of sp³-hybridized carbons (Fsp3) is 0.375. The van der Waals surface area contributed by atoms with Gasteiger partial charge in [-0.3, -0.25) is 0 Å². The molecule has 1 N–H and O–H groups in total. The monoisotopic (exact) mass is 329 g/mol. The molecule has 0 amide bonds. The van der Waals surface area contributed by atoms with Crippen LogP contribution in [0, 0.1) is 18.6 Å². The molecule has 0 spiro atoms. The second kappa shape index (κ2) is 7.34. The summed E-state index contributed by atoms with van der Waals surface area (Å²) < 4.78 is 28.3. The van der Waals surface area contributed by atoms with E-state index in [-0.39, 0.29) is 6.04 Å². The molecule has 1 aromatic carbocycles. The smallest absolute Gasteiger partial charge is 0.130 e. The highest BCUT2D eigenvalue weighted by molar-refractivity contribution is 7.16. The van der Waals surface area contributed by atoms with E-state index in [2.05, 4.69) is 12.2 Å². The number of nitrogens with one attached hydrogen (secondary N) is 1. The van der Waals surface area contributed by atoms with Crippen LogP contribution in [-0.4, -0.2) is 6.54 Å². The molecule has 1 aromatic heterocycles. The highest BCUT2D eigenvalue weighted by Crippen LogP contribution is 2.28. The van der Waals surface area contributed by atoms with Crippen molar-refractivity contribution in [2.75, 3.05) is 6.54 Å². The fourth-order valence-corrected chi connectivity index (χ4v) is 3.35. The molecule has 0 bridgehead atoms. The van der Waals surface area contributed by atoms with E-state index in [4.69, 9.17) is 11.6 Å². The number of thiophene rings is 1. The van der Waals surface area contributed by atoms with E-state index in [1.54, 1.807) is 13.0 Å². The molecule has 1 unspecified atom stereocenters. The lowest BCUT2D eigenvalue weighted by atomic mass is 9.99. The molecule has 21 heavy (non-hydrogen) atoms. The predicted octanol–water partition coefficient (Wildman–Crippen LogP) is 5.27. The normalized spacial score (nSPS) is 12.6. The summed E-state index contributed by atoms with van der Waals surface area (Å²) in [5.74, 6) is -1.01. The fourth-order valence-electron chi connectivity index (χ4n) is 2.22. The molecule has 2 aromatic rings. The van der Waals surface area contributed by atoms with Crippen molar-refractivity contribution in [2.45, 2.75) is 32.7 Å². The van der Waals surface area contributed by atoms with Gasteiger partial charge in [0, 0.05) is 29.0 Å². The van der Waals surface area contributed by atoms with E-state index in [0.717, 1.165) is 28.2 Å². The Morgan fingerprint density at radius 1 is 1.24 bits per heavy atom. The SMILES string of the molecule is CCCNC(Cc1ccc(Cl)s1)c1cc(C)c(F)cc1F. The van der Waals surface area contributed by atoms with Gasteiger partial charge in [-0.1, -0.05) is 18.5 Å². The average molecular weight is 330 g/mol. The first kappa shape index (κ1) is 16.4. The van der Waals surface area contributed by atoms with Crippen LogP contribution in [0.15, 0.2) is 24.3 Å². The zero-order valence-electron chi connectivity index (χ0n) is 12.1. The molecule has 0 radical (unpaired) electrons. The summed E-state index contributed by atoms with van der Waals surface area (Å²) in [4.78, 5) is 1.08. The van der Waals surface area contributed by atoms with Crippen LogP contribution in [0.25, 0.3) is 0 Å². The summed E-state index contributed by atoms with van der Waals surface area (Å²) >= 11 is 7.43. The molecule has 0 aliphatic carbocycles. The summed E-state index contributed by atoms with van der Waals surface area (Å²) in [6, 6.07) is 6.16. The second-order valence-electron chi connectivity index (χ2n) is 5.04. The lowest BCUT2D eigenvalue weighted by molar-refractivity contribution is 0.491. The van der Waals surface area contributed by atoms with Gasteiger partial charge >= 0.3 is 0 Å². The van der Waals surface area contributed by atoms with E-state index in [1.807, 2.05) is 12.1 Å². The standard InChI is InChI=1S/C16H18ClF2NS/c1-3-6-20-15(8-11-4-5-16(17)21-11)12-7-10(2)13(18)9-14(12)19/h4-5,7,9,15,20H,3,6,8H2,1-2H3. The van der Waals surface area contributed by atoms with E-state index < -0.39 is 11.6 Å². The van der Waals surface area contributed by atoms with Crippen molar-refractivity contribution in [3.63, 3.8) is 0 Å². The maximum Gasteiger partial charge on any atom is 0.130 e. The van der Waals surface area contributed by atoms with E-state index in [9.17, 15) is 8.78 Å². The van der Waals surface area contributed by atoms with Crippen LogP contribution in [0.3, 0.4) is 0 Å². The lowest BCUT2D eigenvalue weighted by Gasteiger charge is -2.20. The Labute approximate surface area is 133 Å². The van der Waals surface area contributed by atoms with E-state index in [0.29, 0.717) is 17.5 Å². The topological polar surface area (TPSA) is 12.0 Å². The number of hydrogen-bond acceptors (Lipinski definition) is 2. The Bertz CT molecular complexity index is 612. The molecule has 1 nitrogen and oxygen atoms in total. The summed E-state index contributed by atoms with van der Waals surface area (Å²) in [6.45, 7) is 4.48. The minimum atomic E-state index is -0.510. The third-order valence-corrected chi connectivity index (χ3v) is 4.58. The van der Waals surface area contributed by atoms with Crippen LogP contribution in [0.2, 0.25) is 4.34 Å². The minimum Gasteiger partial charge on any atom is -0.310 e. The highest BCUT2D eigenvalue weighted by atomic mass is 35.5. The molecule has 0 saturated carbocycles. The molecule has 114 valence electrons. The van der Waals surface area contributed by atoms with Crippen LogP contribution in [0.4, 0.5) is 8.78 Å². The Morgan fingerprint density at radius 3 is 2.62 bits per heavy atom. The number of hydrogen-bond donors (Lipinski definition) is 1. The van der Waals surface area contributed by atoms with Crippen LogP contribution >= 0.6 is 22.9 Å². The predicted molar refractivity (Wildman–Crippen MR) is 85.2 cm³/mol. The number of rotatable bonds is 6. The zero-order valence-corrected chi connectivity index (χ0v) is 13.6. The van der Waals surface area contributed by atoms with Gasteiger partial charge in [0.2, 0.25) is 0 Å². The van der Waals surface area contributed by atoms with Gasteiger partial charge in [-0.05, 0) is 43.7 Å². The molecular weight excluding hydrogens is 312 g/mol. The third kappa shape index (κ3) is 4.25.